The monoisotopic (exact) mass is 394 g/mol. The van der Waals surface area contributed by atoms with Crippen LogP contribution in [0.3, 0.4) is 0 Å². The van der Waals surface area contributed by atoms with E-state index >= 15 is 0 Å². The third-order valence-corrected chi connectivity index (χ3v) is 6.70. The molecule has 2 aromatic rings. The van der Waals surface area contributed by atoms with Crippen molar-refractivity contribution in [2.45, 2.75) is 24.6 Å². The summed E-state index contributed by atoms with van der Waals surface area (Å²) in [4.78, 5) is 2.28. The Bertz CT molecular complexity index is 793. The van der Waals surface area contributed by atoms with Crippen molar-refractivity contribution in [3.63, 3.8) is 0 Å². The van der Waals surface area contributed by atoms with Gasteiger partial charge in [-0.3, -0.25) is 0 Å². The predicted molar refractivity (Wildman–Crippen MR) is 105 cm³/mol. The van der Waals surface area contributed by atoms with Crippen molar-refractivity contribution in [1.29, 1.82) is 0 Å². The van der Waals surface area contributed by atoms with Crippen LogP contribution in [-0.2, 0) is 17.7 Å². The third-order valence-electron chi connectivity index (χ3n) is 5.03. The zero-order valence-corrected chi connectivity index (χ0v) is 16.4. The topological polar surface area (TPSA) is 63.4 Å². The largest absolute Gasteiger partial charge is 0.395 e. The van der Waals surface area contributed by atoms with Crippen LogP contribution in [0.2, 0.25) is 5.02 Å². The van der Waals surface area contributed by atoms with Crippen LogP contribution in [0, 0.1) is 0 Å². The molecule has 2 aliphatic heterocycles. The van der Waals surface area contributed by atoms with Gasteiger partial charge in [0.2, 0.25) is 0 Å². The lowest BCUT2D eigenvalue weighted by Gasteiger charge is -2.29. The minimum Gasteiger partial charge on any atom is -0.395 e. The van der Waals surface area contributed by atoms with Gasteiger partial charge in [-0.05, 0) is 25.1 Å². The molecule has 0 spiro atoms. The highest BCUT2D eigenvalue weighted by molar-refractivity contribution is 8.00. The molecule has 3 heterocycles. The number of aromatic nitrogens is 3. The quantitative estimate of drug-likeness (QED) is 0.862. The van der Waals surface area contributed by atoms with E-state index in [1.807, 2.05) is 12.1 Å². The zero-order valence-electron chi connectivity index (χ0n) is 14.8. The lowest BCUT2D eigenvalue weighted by Crippen LogP contribution is -2.36. The number of halogens is 1. The summed E-state index contributed by atoms with van der Waals surface area (Å²) in [6.45, 7) is 6.29. The van der Waals surface area contributed by atoms with Crippen molar-refractivity contribution in [1.82, 2.24) is 14.8 Å². The Morgan fingerprint density at radius 3 is 2.81 bits per heavy atom. The Hall–Kier alpha value is -1.28. The van der Waals surface area contributed by atoms with Crippen LogP contribution in [0.1, 0.15) is 12.7 Å². The van der Waals surface area contributed by atoms with Crippen molar-refractivity contribution in [3.8, 4) is 11.4 Å². The van der Waals surface area contributed by atoms with Crippen LogP contribution < -0.4 is 4.90 Å². The van der Waals surface area contributed by atoms with Crippen LogP contribution in [0.25, 0.3) is 11.4 Å². The minimum absolute atomic E-state index is 0.134. The van der Waals surface area contributed by atoms with Crippen molar-refractivity contribution < 1.29 is 9.84 Å². The molecule has 1 atom stereocenters. The zero-order chi connectivity index (χ0) is 18.1. The van der Waals surface area contributed by atoms with Crippen LogP contribution in [0.5, 0.6) is 0 Å². The van der Waals surface area contributed by atoms with Crippen LogP contribution in [0.15, 0.2) is 18.2 Å². The Morgan fingerprint density at radius 2 is 2.08 bits per heavy atom. The number of morpholine rings is 1. The summed E-state index contributed by atoms with van der Waals surface area (Å²) < 4.78 is 7.35. The SMILES string of the molecule is CC1(CO)Cc2nnc(-c3ccc(N4CCOCC4)cc3Cl)n2CCS1. The second-order valence-corrected chi connectivity index (χ2v) is 9.08. The molecule has 0 radical (unpaired) electrons. The number of rotatable bonds is 3. The Balaban J connectivity index is 1.64. The highest BCUT2D eigenvalue weighted by atomic mass is 35.5. The highest BCUT2D eigenvalue weighted by Crippen LogP contribution is 2.35. The highest BCUT2D eigenvalue weighted by Gasteiger charge is 2.31. The van der Waals surface area contributed by atoms with Gasteiger partial charge in [0.05, 0.1) is 24.8 Å². The molecule has 26 heavy (non-hydrogen) atoms. The fourth-order valence-corrected chi connectivity index (χ4v) is 4.82. The minimum atomic E-state index is -0.206. The maximum atomic E-state index is 9.71. The fraction of sp³-hybridized carbons (Fsp3) is 0.556. The second kappa shape index (κ2) is 7.38. The van der Waals surface area contributed by atoms with Gasteiger partial charge in [-0.15, -0.1) is 10.2 Å². The molecule has 0 saturated carbocycles. The molecule has 1 unspecified atom stereocenters. The van der Waals surface area contributed by atoms with E-state index in [4.69, 9.17) is 16.3 Å². The summed E-state index contributed by atoms with van der Waals surface area (Å²) in [7, 11) is 0. The summed E-state index contributed by atoms with van der Waals surface area (Å²) in [6.07, 6.45) is 0.699. The summed E-state index contributed by atoms with van der Waals surface area (Å²) in [5.74, 6) is 2.63. The van der Waals surface area contributed by atoms with Crippen molar-refractivity contribution in [2.24, 2.45) is 0 Å². The molecule has 6 nitrogen and oxygen atoms in total. The summed E-state index contributed by atoms with van der Waals surface area (Å²) in [6, 6.07) is 6.14. The van der Waals surface area contributed by atoms with Crippen molar-refractivity contribution in [3.05, 3.63) is 29.0 Å². The molecule has 0 aliphatic carbocycles. The number of hydrogen-bond acceptors (Lipinski definition) is 6. The smallest absolute Gasteiger partial charge is 0.165 e. The molecule has 0 bridgehead atoms. The van der Waals surface area contributed by atoms with E-state index < -0.39 is 0 Å². The first-order valence-corrected chi connectivity index (χ1v) is 10.3. The number of aliphatic hydroxyl groups is 1. The summed E-state index contributed by atoms with van der Waals surface area (Å²) >= 11 is 8.41. The van der Waals surface area contributed by atoms with Gasteiger partial charge in [-0.2, -0.15) is 11.8 Å². The van der Waals surface area contributed by atoms with Crippen LogP contribution in [0.4, 0.5) is 5.69 Å². The molecule has 1 aromatic heterocycles. The van der Waals surface area contributed by atoms with E-state index in [0.717, 1.165) is 61.5 Å². The standard InChI is InChI=1S/C18H23ClN4O2S/c1-18(12-24)11-16-20-21-17(23(16)6-9-26-18)14-3-2-13(10-15(14)19)22-4-7-25-8-5-22/h2-3,10,24H,4-9,11-12H2,1H3. The van der Waals surface area contributed by atoms with Crippen LogP contribution in [-0.4, -0.2) is 63.3 Å². The van der Waals surface area contributed by atoms with Gasteiger partial charge in [0.1, 0.15) is 5.82 Å². The molecule has 1 aromatic carbocycles. The fourth-order valence-electron chi connectivity index (χ4n) is 3.47. The molecule has 4 rings (SSSR count). The first-order valence-electron chi connectivity index (χ1n) is 8.89. The van der Waals surface area contributed by atoms with Gasteiger partial charge in [-0.1, -0.05) is 11.6 Å². The summed E-state index contributed by atoms with van der Waals surface area (Å²) in [5.41, 5.74) is 2.01. The number of hydrogen-bond donors (Lipinski definition) is 1. The van der Waals surface area contributed by atoms with Crippen LogP contribution >= 0.6 is 23.4 Å². The number of fused-ring (bicyclic) bond motifs is 1. The Morgan fingerprint density at radius 1 is 1.27 bits per heavy atom. The van der Waals surface area contributed by atoms with Gasteiger partial charge >= 0.3 is 0 Å². The molecule has 2 aliphatic rings. The lowest BCUT2D eigenvalue weighted by molar-refractivity contribution is 0.122. The molecule has 0 amide bonds. The molecule has 1 saturated heterocycles. The molecular formula is C18H23ClN4O2S. The van der Waals surface area contributed by atoms with Gasteiger partial charge < -0.3 is 19.3 Å². The predicted octanol–water partition coefficient (Wildman–Crippen LogP) is 2.48. The molecule has 8 heteroatoms. The maximum absolute atomic E-state index is 9.71. The third kappa shape index (κ3) is 3.45. The van der Waals surface area contributed by atoms with Gasteiger partial charge in [-0.25, -0.2) is 0 Å². The average molecular weight is 395 g/mol. The maximum Gasteiger partial charge on any atom is 0.165 e. The van der Waals surface area contributed by atoms with Gasteiger partial charge in [0.15, 0.2) is 5.82 Å². The van der Waals surface area contributed by atoms with E-state index in [1.165, 1.54) is 0 Å². The van der Waals surface area contributed by atoms with Gasteiger partial charge in [0, 0.05) is 47.8 Å². The van der Waals surface area contributed by atoms with Crippen molar-refractivity contribution >= 4 is 29.1 Å². The van der Waals surface area contributed by atoms with Crippen molar-refractivity contribution in [2.75, 3.05) is 43.6 Å². The van der Waals surface area contributed by atoms with E-state index in [9.17, 15) is 5.11 Å². The van der Waals surface area contributed by atoms with Gasteiger partial charge in [0.25, 0.3) is 0 Å². The van der Waals surface area contributed by atoms with E-state index in [2.05, 4.69) is 32.7 Å². The second-order valence-electron chi connectivity index (χ2n) is 6.99. The van der Waals surface area contributed by atoms with E-state index in [1.54, 1.807) is 11.8 Å². The molecule has 1 fully saturated rings. The first kappa shape index (κ1) is 18.1. The number of ether oxygens (including phenoxy) is 1. The van der Waals surface area contributed by atoms with E-state index in [-0.39, 0.29) is 11.4 Å². The normalized spacial score (nSPS) is 23.6. The summed E-state index contributed by atoms with van der Waals surface area (Å²) in [5, 5.41) is 19.2. The lowest BCUT2D eigenvalue weighted by atomic mass is 10.1. The molecular weight excluding hydrogens is 372 g/mol. The number of aliphatic hydroxyl groups excluding tert-OH is 1. The number of anilines is 1. The number of nitrogens with zero attached hydrogens (tertiary/aromatic N) is 4. The molecule has 1 N–H and O–H groups in total. The van der Waals surface area contributed by atoms with E-state index in [0.29, 0.717) is 11.4 Å². The Labute approximate surface area is 162 Å². The average Bonchev–Trinajstić information content (AvgIpc) is 2.95. The number of thioether (sulfide) groups is 1. The number of benzene rings is 1. The Kier molecular flexibility index (Phi) is 5.14. The first-order chi connectivity index (χ1) is 12.6. The molecule has 140 valence electrons.